The molecule has 2 amide bonds. The predicted molar refractivity (Wildman–Crippen MR) is 132 cm³/mol. The molecule has 0 spiro atoms. The number of carbonyl (C=O) groups is 2. The van der Waals surface area contributed by atoms with E-state index in [0.717, 1.165) is 44.1 Å². The molecular weight excluding hydrogens is 462 g/mol. The smallest absolute Gasteiger partial charge is 0.247 e. The first-order valence-electron chi connectivity index (χ1n) is 12.0. The Kier molecular flexibility index (Phi) is 8.45. The Bertz CT molecular complexity index is 976. The van der Waals surface area contributed by atoms with Crippen molar-refractivity contribution in [2.24, 2.45) is 0 Å². The molecule has 1 aliphatic carbocycles. The highest BCUT2D eigenvalue weighted by molar-refractivity contribution is 7.89. The summed E-state index contributed by atoms with van der Waals surface area (Å²) >= 11 is 6.13. The van der Waals surface area contributed by atoms with Gasteiger partial charge >= 0.3 is 0 Å². The second-order valence-electron chi connectivity index (χ2n) is 9.53. The van der Waals surface area contributed by atoms with E-state index in [1.54, 1.807) is 32.0 Å². The van der Waals surface area contributed by atoms with Crippen molar-refractivity contribution in [3.8, 4) is 0 Å². The maximum atomic E-state index is 13.8. The van der Waals surface area contributed by atoms with Gasteiger partial charge in [0, 0.05) is 23.3 Å². The summed E-state index contributed by atoms with van der Waals surface area (Å²) in [5, 5.41) is 3.71. The number of halogens is 1. The minimum atomic E-state index is -3.65. The van der Waals surface area contributed by atoms with Gasteiger partial charge in [-0.3, -0.25) is 14.5 Å². The van der Waals surface area contributed by atoms with Crippen molar-refractivity contribution in [2.45, 2.75) is 83.7 Å². The molecule has 1 heterocycles. The molecule has 3 rings (SSSR count). The van der Waals surface area contributed by atoms with E-state index in [4.69, 9.17) is 11.6 Å². The molecule has 1 aromatic carbocycles. The summed E-state index contributed by atoms with van der Waals surface area (Å²) in [5.74, 6) is -0.783. The van der Waals surface area contributed by atoms with E-state index in [-0.39, 0.29) is 30.8 Å². The van der Waals surface area contributed by atoms with Crippen LogP contribution in [0.1, 0.15) is 70.8 Å². The Morgan fingerprint density at radius 3 is 2.42 bits per heavy atom. The summed E-state index contributed by atoms with van der Waals surface area (Å²) in [6.07, 6.45) is 7.87. The normalized spacial score (nSPS) is 23.8. The first-order chi connectivity index (χ1) is 15.6. The fourth-order valence-corrected chi connectivity index (χ4v) is 6.69. The largest absolute Gasteiger partial charge is 0.351 e. The quantitative estimate of drug-likeness (QED) is 0.643. The van der Waals surface area contributed by atoms with Crippen LogP contribution < -0.4 is 10.2 Å². The second-order valence-corrected chi connectivity index (χ2v) is 12.1. The molecule has 0 unspecified atom stereocenters. The highest BCUT2D eigenvalue weighted by Gasteiger charge is 2.51. The van der Waals surface area contributed by atoms with E-state index in [1.165, 1.54) is 15.6 Å². The molecule has 1 N–H and O–H groups in total. The Morgan fingerprint density at radius 1 is 1.18 bits per heavy atom. The van der Waals surface area contributed by atoms with Crippen molar-refractivity contribution < 1.29 is 18.0 Å². The average molecular weight is 498 g/mol. The molecule has 1 saturated heterocycles. The van der Waals surface area contributed by atoms with Gasteiger partial charge in [0.2, 0.25) is 21.8 Å². The van der Waals surface area contributed by atoms with E-state index in [2.05, 4.69) is 5.32 Å². The van der Waals surface area contributed by atoms with Crippen LogP contribution in [0.2, 0.25) is 5.02 Å². The highest BCUT2D eigenvalue weighted by Crippen LogP contribution is 2.34. The monoisotopic (exact) mass is 497 g/mol. The van der Waals surface area contributed by atoms with Crippen LogP contribution in [-0.4, -0.2) is 55.0 Å². The summed E-state index contributed by atoms with van der Waals surface area (Å²) in [7, 11) is -3.65. The van der Waals surface area contributed by atoms with Crippen LogP contribution in [0.5, 0.6) is 0 Å². The number of hydrogen-bond acceptors (Lipinski definition) is 4. The molecule has 1 aliphatic heterocycles. The second kappa shape index (κ2) is 10.7. The number of rotatable bonds is 6. The molecule has 1 atom stereocenters. The summed E-state index contributed by atoms with van der Waals surface area (Å²) < 4.78 is 26.9. The minimum Gasteiger partial charge on any atom is -0.351 e. The summed E-state index contributed by atoms with van der Waals surface area (Å²) in [4.78, 5) is 28.7. The van der Waals surface area contributed by atoms with Crippen molar-refractivity contribution in [1.29, 1.82) is 0 Å². The summed E-state index contributed by atoms with van der Waals surface area (Å²) in [6, 6.07) is 5.19. The lowest BCUT2D eigenvalue weighted by Gasteiger charge is -2.47. The third kappa shape index (κ3) is 5.89. The molecule has 1 saturated carbocycles. The number of piperazine rings is 1. The van der Waals surface area contributed by atoms with Gasteiger partial charge < -0.3 is 5.32 Å². The van der Waals surface area contributed by atoms with Crippen LogP contribution in [0.3, 0.4) is 0 Å². The zero-order valence-corrected chi connectivity index (χ0v) is 21.5. The van der Waals surface area contributed by atoms with Crippen molar-refractivity contribution in [2.75, 3.05) is 23.7 Å². The first kappa shape index (κ1) is 26.0. The van der Waals surface area contributed by atoms with Crippen molar-refractivity contribution >= 4 is 39.1 Å². The van der Waals surface area contributed by atoms with Gasteiger partial charge in [0.15, 0.2) is 0 Å². The molecule has 0 bridgehead atoms. The first-order valence-corrected chi connectivity index (χ1v) is 13.9. The standard InChI is InChI=1S/C24H36ClN3O4S/c1-4-14-33(31,32)27-16-22(29)28(21-13-12-19(25)15-18(21)2)24(3,17-27)23(30)26-20-10-8-6-5-7-9-11-20/h12-13,15,20H,4-11,14,16-17H2,1-3H3,(H,26,30)/t24-/m0/s1. The number of nitrogens with one attached hydrogen (secondary N) is 1. The molecule has 2 aliphatic rings. The fraction of sp³-hybridized carbons (Fsp3) is 0.667. The molecule has 0 radical (unpaired) electrons. The minimum absolute atomic E-state index is 0.0283. The zero-order valence-electron chi connectivity index (χ0n) is 19.9. The van der Waals surface area contributed by atoms with Crippen LogP contribution in [0, 0.1) is 6.92 Å². The van der Waals surface area contributed by atoms with Gasteiger partial charge in [-0.15, -0.1) is 0 Å². The third-order valence-corrected chi connectivity index (χ3v) is 8.93. The molecule has 7 nitrogen and oxygen atoms in total. The fourth-order valence-electron chi connectivity index (χ4n) is 4.94. The number of benzene rings is 1. The molecule has 184 valence electrons. The Morgan fingerprint density at radius 2 is 1.82 bits per heavy atom. The van der Waals surface area contributed by atoms with Crippen LogP contribution in [0.4, 0.5) is 5.69 Å². The third-order valence-electron chi connectivity index (χ3n) is 6.72. The Labute approximate surface area is 202 Å². The lowest BCUT2D eigenvalue weighted by molar-refractivity contribution is -0.133. The van der Waals surface area contributed by atoms with E-state index in [9.17, 15) is 18.0 Å². The SMILES string of the molecule is CCCS(=O)(=O)N1CC(=O)N(c2ccc(Cl)cc2C)[C@](C)(C(=O)NC2CCCCCCC2)C1. The van der Waals surface area contributed by atoms with E-state index >= 15 is 0 Å². The van der Waals surface area contributed by atoms with Gasteiger partial charge in [-0.25, -0.2) is 8.42 Å². The van der Waals surface area contributed by atoms with Crippen molar-refractivity contribution in [1.82, 2.24) is 9.62 Å². The Balaban J connectivity index is 1.98. The van der Waals surface area contributed by atoms with Crippen molar-refractivity contribution in [3.63, 3.8) is 0 Å². The van der Waals surface area contributed by atoms with Crippen LogP contribution in [0.25, 0.3) is 0 Å². The number of hydrogen-bond donors (Lipinski definition) is 1. The number of amides is 2. The molecular formula is C24H36ClN3O4S. The van der Waals surface area contributed by atoms with Gasteiger partial charge in [0.1, 0.15) is 5.54 Å². The maximum absolute atomic E-state index is 13.8. The molecule has 2 fully saturated rings. The maximum Gasteiger partial charge on any atom is 0.247 e. The molecule has 9 heteroatoms. The van der Waals surface area contributed by atoms with Crippen LogP contribution >= 0.6 is 11.6 Å². The highest BCUT2D eigenvalue weighted by atomic mass is 35.5. The van der Waals surface area contributed by atoms with Gasteiger partial charge in [-0.05, 0) is 56.9 Å². The van der Waals surface area contributed by atoms with Crippen LogP contribution in [0.15, 0.2) is 18.2 Å². The average Bonchev–Trinajstić information content (AvgIpc) is 2.70. The topological polar surface area (TPSA) is 86.8 Å². The number of nitrogens with zero attached hydrogens (tertiary/aromatic N) is 2. The van der Waals surface area contributed by atoms with E-state index < -0.39 is 21.5 Å². The van der Waals surface area contributed by atoms with Crippen molar-refractivity contribution in [3.05, 3.63) is 28.8 Å². The number of aryl methyl sites for hydroxylation is 1. The molecule has 33 heavy (non-hydrogen) atoms. The van der Waals surface area contributed by atoms with E-state index in [1.807, 2.05) is 6.92 Å². The number of sulfonamides is 1. The van der Waals surface area contributed by atoms with Crippen LogP contribution in [-0.2, 0) is 19.6 Å². The van der Waals surface area contributed by atoms with E-state index in [0.29, 0.717) is 17.1 Å². The lowest BCUT2D eigenvalue weighted by Crippen LogP contribution is -2.71. The van der Waals surface area contributed by atoms with Gasteiger partial charge in [0.05, 0.1) is 12.3 Å². The van der Waals surface area contributed by atoms with Gasteiger partial charge in [0.25, 0.3) is 0 Å². The number of anilines is 1. The predicted octanol–water partition coefficient (Wildman–Crippen LogP) is 4.02. The van der Waals surface area contributed by atoms with Gasteiger partial charge in [-0.1, -0.05) is 50.6 Å². The summed E-state index contributed by atoms with van der Waals surface area (Å²) in [6.45, 7) is 4.93. The number of carbonyl (C=O) groups excluding carboxylic acids is 2. The zero-order chi connectivity index (χ0) is 24.2. The Hall–Kier alpha value is -1.64. The van der Waals surface area contributed by atoms with Gasteiger partial charge in [-0.2, -0.15) is 4.31 Å². The summed E-state index contributed by atoms with van der Waals surface area (Å²) in [5.41, 5.74) is -0.0464. The molecule has 1 aromatic rings. The molecule has 0 aromatic heterocycles. The lowest BCUT2D eigenvalue weighted by atomic mass is 9.91.